The third kappa shape index (κ3) is 3.01. The minimum Gasteiger partial charge on any atom is -0.293 e. The quantitative estimate of drug-likeness (QED) is 0.792. The van der Waals surface area contributed by atoms with Gasteiger partial charge in [-0.1, -0.05) is 17.7 Å². The SMILES string of the molecule is Cc1ccc([S@](=O)CC2=NCCCC2)cc1. The molecular weight excluding hydrogens is 218 g/mol. The van der Waals surface area contributed by atoms with Gasteiger partial charge < -0.3 is 0 Å². The van der Waals surface area contributed by atoms with Gasteiger partial charge >= 0.3 is 0 Å². The van der Waals surface area contributed by atoms with Gasteiger partial charge in [-0.3, -0.25) is 9.20 Å². The van der Waals surface area contributed by atoms with Crippen molar-refractivity contribution in [2.75, 3.05) is 12.3 Å². The highest BCUT2D eigenvalue weighted by Gasteiger charge is 2.10. The number of hydrogen-bond donors (Lipinski definition) is 0. The molecule has 0 spiro atoms. The molecule has 1 aromatic carbocycles. The molecular formula is C13H17NOS. The van der Waals surface area contributed by atoms with Gasteiger partial charge in [0.25, 0.3) is 0 Å². The molecule has 0 aromatic heterocycles. The lowest BCUT2D eigenvalue weighted by Crippen LogP contribution is -2.14. The molecule has 2 nitrogen and oxygen atoms in total. The van der Waals surface area contributed by atoms with Gasteiger partial charge in [-0.05, 0) is 38.3 Å². The molecule has 0 saturated heterocycles. The molecule has 2 rings (SSSR count). The zero-order chi connectivity index (χ0) is 11.4. The summed E-state index contributed by atoms with van der Waals surface area (Å²) in [6, 6.07) is 7.93. The summed E-state index contributed by atoms with van der Waals surface area (Å²) in [5.74, 6) is 0.614. The lowest BCUT2D eigenvalue weighted by molar-refractivity contribution is 0.684. The van der Waals surface area contributed by atoms with E-state index in [0.29, 0.717) is 5.75 Å². The van der Waals surface area contributed by atoms with Crippen molar-refractivity contribution in [1.29, 1.82) is 0 Å². The topological polar surface area (TPSA) is 29.4 Å². The van der Waals surface area contributed by atoms with Gasteiger partial charge in [0.15, 0.2) is 0 Å². The Hall–Kier alpha value is -0.960. The number of rotatable bonds is 3. The van der Waals surface area contributed by atoms with E-state index in [0.717, 1.165) is 23.6 Å². The van der Waals surface area contributed by atoms with Crippen LogP contribution in [-0.2, 0) is 10.8 Å². The van der Waals surface area contributed by atoms with Crippen LogP contribution in [0.1, 0.15) is 24.8 Å². The Balaban J connectivity index is 2.02. The molecule has 86 valence electrons. The van der Waals surface area contributed by atoms with Crippen LogP contribution in [-0.4, -0.2) is 22.2 Å². The smallest absolute Gasteiger partial charge is 0.0661 e. The second-order valence-electron chi connectivity index (χ2n) is 4.21. The second-order valence-corrected chi connectivity index (χ2v) is 5.66. The lowest BCUT2D eigenvalue weighted by Gasteiger charge is -2.11. The molecule has 1 aliphatic rings. The molecule has 1 atom stereocenters. The first kappa shape index (κ1) is 11.5. The first-order valence-electron chi connectivity index (χ1n) is 5.73. The van der Waals surface area contributed by atoms with Crippen molar-refractivity contribution in [1.82, 2.24) is 0 Å². The van der Waals surface area contributed by atoms with Crippen LogP contribution in [0.4, 0.5) is 0 Å². The van der Waals surface area contributed by atoms with E-state index >= 15 is 0 Å². The summed E-state index contributed by atoms with van der Waals surface area (Å²) in [6.07, 6.45) is 3.40. The normalized spacial score (nSPS) is 17.9. The fraction of sp³-hybridized carbons (Fsp3) is 0.462. The molecule has 0 amide bonds. The Morgan fingerprint density at radius 1 is 1.25 bits per heavy atom. The van der Waals surface area contributed by atoms with Gasteiger partial charge in [0, 0.05) is 17.2 Å². The van der Waals surface area contributed by atoms with E-state index in [1.54, 1.807) is 0 Å². The predicted octanol–water partition coefficient (Wildman–Crippen LogP) is 2.73. The average Bonchev–Trinajstić information content (AvgIpc) is 2.31. The van der Waals surface area contributed by atoms with Crippen LogP contribution < -0.4 is 0 Å². The third-order valence-electron chi connectivity index (χ3n) is 2.79. The van der Waals surface area contributed by atoms with E-state index in [9.17, 15) is 4.21 Å². The molecule has 0 fully saturated rings. The number of hydrogen-bond acceptors (Lipinski definition) is 2. The lowest BCUT2D eigenvalue weighted by atomic mass is 10.1. The summed E-state index contributed by atoms with van der Waals surface area (Å²) < 4.78 is 12.1. The largest absolute Gasteiger partial charge is 0.293 e. The first-order chi connectivity index (χ1) is 7.75. The molecule has 0 N–H and O–H groups in total. The highest BCUT2D eigenvalue weighted by Crippen LogP contribution is 2.12. The molecule has 0 saturated carbocycles. The Labute approximate surface area is 99.2 Å². The van der Waals surface area contributed by atoms with Gasteiger partial charge in [-0.25, -0.2) is 0 Å². The molecule has 1 heterocycles. The molecule has 0 aliphatic carbocycles. The van der Waals surface area contributed by atoms with Crippen LogP contribution in [0.5, 0.6) is 0 Å². The summed E-state index contributed by atoms with van der Waals surface area (Å²) in [7, 11) is -0.920. The van der Waals surface area contributed by atoms with Crippen molar-refractivity contribution in [3.8, 4) is 0 Å². The van der Waals surface area contributed by atoms with E-state index in [4.69, 9.17) is 0 Å². The Morgan fingerprint density at radius 2 is 2.00 bits per heavy atom. The second kappa shape index (κ2) is 5.39. The monoisotopic (exact) mass is 235 g/mol. The predicted molar refractivity (Wildman–Crippen MR) is 68.6 cm³/mol. The standard InChI is InChI=1S/C13H17NOS/c1-11-5-7-13(8-6-11)16(15)10-12-4-2-3-9-14-12/h5-8H,2-4,9-10H2,1H3/t16-/m1/s1. The number of aryl methyl sites for hydroxylation is 1. The molecule has 1 aromatic rings. The zero-order valence-corrected chi connectivity index (χ0v) is 10.4. The summed E-state index contributed by atoms with van der Waals surface area (Å²) in [5, 5.41) is 0. The molecule has 0 radical (unpaired) electrons. The van der Waals surface area contributed by atoms with E-state index in [1.165, 1.54) is 18.4 Å². The summed E-state index contributed by atoms with van der Waals surface area (Å²) in [4.78, 5) is 5.35. The van der Waals surface area contributed by atoms with Crippen LogP contribution in [0, 0.1) is 6.92 Å². The molecule has 3 heteroatoms. The van der Waals surface area contributed by atoms with Crippen molar-refractivity contribution in [3.63, 3.8) is 0 Å². The minimum atomic E-state index is -0.920. The van der Waals surface area contributed by atoms with Crippen molar-refractivity contribution < 1.29 is 4.21 Å². The molecule has 0 unspecified atom stereocenters. The van der Waals surface area contributed by atoms with Crippen LogP contribution in [0.25, 0.3) is 0 Å². The van der Waals surface area contributed by atoms with E-state index < -0.39 is 10.8 Å². The van der Waals surface area contributed by atoms with Gasteiger partial charge in [-0.2, -0.15) is 0 Å². The van der Waals surface area contributed by atoms with Crippen molar-refractivity contribution in [2.45, 2.75) is 31.1 Å². The van der Waals surface area contributed by atoms with Gasteiger partial charge in [0.2, 0.25) is 0 Å². The van der Waals surface area contributed by atoms with Crippen molar-refractivity contribution in [2.24, 2.45) is 4.99 Å². The highest BCUT2D eigenvalue weighted by molar-refractivity contribution is 7.85. The van der Waals surface area contributed by atoms with Crippen molar-refractivity contribution in [3.05, 3.63) is 29.8 Å². The number of benzene rings is 1. The van der Waals surface area contributed by atoms with Crippen LogP contribution in [0.3, 0.4) is 0 Å². The third-order valence-corrected chi connectivity index (χ3v) is 4.18. The van der Waals surface area contributed by atoms with E-state index in [2.05, 4.69) is 4.99 Å². The molecule has 0 bridgehead atoms. The minimum absolute atomic E-state index is 0.614. The molecule has 16 heavy (non-hydrogen) atoms. The van der Waals surface area contributed by atoms with Gasteiger partial charge in [-0.15, -0.1) is 0 Å². The maximum absolute atomic E-state index is 12.1. The number of nitrogens with zero attached hydrogens (tertiary/aromatic N) is 1. The zero-order valence-electron chi connectivity index (χ0n) is 9.61. The molecule has 1 aliphatic heterocycles. The summed E-state index contributed by atoms with van der Waals surface area (Å²) >= 11 is 0. The van der Waals surface area contributed by atoms with E-state index in [1.807, 2.05) is 31.2 Å². The Bertz CT molecular complexity index is 408. The maximum atomic E-state index is 12.1. The average molecular weight is 235 g/mol. The summed E-state index contributed by atoms with van der Waals surface area (Å²) in [5.41, 5.74) is 2.33. The summed E-state index contributed by atoms with van der Waals surface area (Å²) in [6.45, 7) is 2.96. The Morgan fingerprint density at radius 3 is 2.62 bits per heavy atom. The van der Waals surface area contributed by atoms with Crippen molar-refractivity contribution >= 4 is 16.5 Å². The van der Waals surface area contributed by atoms with E-state index in [-0.39, 0.29) is 0 Å². The van der Waals surface area contributed by atoms with Crippen LogP contribution >= 0.6 is 0 Å². The Kier molecular flexibility index (Phi) is 3.88. The maximum Gasteiger partial charge on any atom is 0.0661 e. The first-order valence-corrected chi connectivity index (χ1v) is 7.05. The fourth-order valence-corrected chi connectivity index (χ4v) is 2.94. The van der Waals surface area contributed by atoms with Gasteiger partial charge in [0.05, 0.1) is 16.6 Å². The number of aliphatic imine (C=N–C) groups is 1. The van der Waals surface area contributed by atoms with Crippen LogP contribution in [0.15, 0.2) is 34.2 Å². The van der Waals surface area contributed by atoms with Gasteiger partial charge in [0.1, 0.15) is 0 Å². The highest BCUT2D eigenvalue weighted by atomic mass is 32.2. The van der Waals surface area contributed by atoms with Crippen LogP contribution in [0.2, 0.25) is 0 Å². The fourth-order valence-electron chi connectivity index (χ4n) is 1.80.